The number of hydrogen-bond acceptors (Lipinski definition) is 6. The average Bonchev–Trinajstić information content (AvgIpc) is 2.75. The Balaban J connectivity index is 2.50. The summed E-state index contributed by atoms with van der Waals surface area (Å²) in [6.07, 6.45) is -0.488. The summed E-state index contributed by atoms with van der Waals surface area (Å²) in [5.41, 5.74) is 0.584. The Morgan fingerprint density at radius 1 is 1.39 bits per heavy atom. The molecule has 0 fully saturated rings. The summed E-state index contributed by atoms with van der Waals surface area (Å²) >= 11 is 0. The van der Waals surface area contributed by atoms with Gasteiger partial charge in [0.25, 0.3) is 0 Å². The smallest absolute Gasteiger partial charge is 0.317 e. The van der Waals surface area contributed by atoms with E-state index in [2.05, 4.69) is 17.2 Å². The van der Waals surface area contributed by atoms with Gasteiger partial charge in [0, 0.05) is 44.3 Å². The van der Waals surface area contributed by atoms with Crippen LogP contribution < -0.4 is 10.1 Å². The van der Waals surface area contributed by atoms with Crippen molar-refractivity contribution in [1.82, 2.24) is 14.5 Å². The first kappa shape index (κ1) is 26.9. The molecule has 1 aromatic rings. The number of ether oxygens (including phenoxy) is 2. The van der Waals surface area contributed by atoms with Gasteiger partial charge in [-0.15, -0.1) is 0 Å². The first-order chi connectivity index (χ1) is 15.5. The molecule has 2 N–H and O–H groups in total. The number of aliphatic hydroxyl groups is 1. The molecule has 0 aromatic heterocycles. The van der Waals surface area contributed by atoms with Crippen LogP contribution >= 0.6 is 0 Å². The van der Waals surface area contributed by atoms with Gasteiger partial charge in [-0.1, -0.05) is 18.8 Å². The van der Waals surface area contributed by atoms with E-state index in [1.165, 1.54) is 15.3 Å². The summed E-state index contributed by atoms with van der Waals surface area (Å²) in [6.45, 7) is 7.61. The summed E-state index contributed by atoms with van der Waals surface area (Å²) in [6, 6.07) is 3.81. The fraction of sp³-hybridized carbons (Fsp3) is 0.609. The predicted molar refractivity (Wildman–Crippen MR) is 126 cm³/mol. The van der Waals surface area contributed by atoms with Crippen LogP contribution in [0, 0.1) is 17.8 Å². The zero-order chi connectivity index (χ0) is 24.8. The Bertz CT molecular complexity index is 986. The molecule has 0 bridgehead atoms. The molecule has 9 nitrogen and oxygen atoms in total. The van der Waals surface area contributed by atoms with Gasteiger partial charge in [-0.05, 0) is 39.0 Å². The second-order valence-corrected chi connectivity index (χ2v) is 10.5. The lowest BCUT2D eigenvalue weighted by atomic mass is 10.0. The molecular weight excluding hydrogens is 446 g/mol. The van der Waals surface area contributed by atoms with Crippen molar-refractivity contribution in [3.8, 4) is 17.6 Å². The van der Waals surface area contributed by atoms with Gasteiger partial charge in [0.2, 0.25) is 10.0 Å². The fourth-order valence-corrected chi connectivity index (χ4v) is 5.27. The Labute approximate surface area is 197 Å². The number of fused-ring (bicyclic) bond motifs is 1. The number of rotatable bonds is 6. The lowest BCUT2D eigenvalue weighted by Crippen LogP contribution is -2.51. The molecule has 1 aliphatic rings. The largest absolute Gasteiger partial charge is 0.487 e. The van der Waals surface area contributed by atoms with Crippen molar-refractivity contribution in [2.45, 2.75) is 50.8 Å². The number of likely N-dealkylation sites (N-methyl/N-ethyl adjacent to an activating group) is 1. The van der Waals surface area contributed by atoms with Gasteiger partial charge in [-0.25, -0.2) is 13.2 Å². The molecule has 0 spiro atoms. The molecule has 3 atom stereocenters. The van der Waals surface area contributed by atoms with E-state index >= 15 is 0 Å². The van der Waals surface area contributed by atoms with Crippen molar-refractivity contribution in [3.63, 3.8) is 0 Å². The minimum absolute atomic E-state index is 0.00581. The van der Waals surface area contributed by atoms with E-state index in [1.807, 2.05) is 20.8 Å². The summed E-state index contributed by atoms with van der Waals surface area (Å²) in [5, 5.41) is 12.6. The van der Waals surface area contributed by atoms with Gasteiger partial charge >= 0.3 is 6.03 Å². The quantitative estimate of drug-likeness (QED) is 0.596. The van der Waals surface area contributed by atoms with Crippen molar-refractivity contribution < 1.29 is 27.8 Å². The van der Waals surface area contributed by atoms with Crippen LogP contribution in [0.5, 0.6) is 5.75 Å². The highest BCUT2D eigenvalue weighted by Crippen LogP contribution is 2.34. The molecule has 0 aliphatic carbocycles. The molecule has 1 aromatic carbocycles. The Hall–Kier alpha value is -2.32. The molecule has 1 heterocycles. The number of benzene rings is 1. The number of carbonyl (C=O) groups excluding carboxylic acids is 1. The van der Waals surface area contributed by atoms with Crippen molar-refractivity contribution >= 4 is 16.1 Å². The molecule has 0 saturated carbocycles. The van der Waals surface area contributed by atoms with Crippen molar-refractivity contribution in [2.75, 3.05) is 40.5 Å². The second-order valence-electron chi connectivity index (χ2n) is 8.62. The highest BCUT2D eigenvalue weighted by atomic mass is 32.2. The third-order valence-electron chi connectivity index (χ3n) is 5.33. The number of urea groups is 1. The van der Waals surface area contributed by atoms with E-state index in [9.17, 15) is 18.3 Å². The van der Waals surface area contributed by atoms with E-state index in [-0.39, 0.29) is 54.9 Å². The molecule has 2 rings (SSSR count). The molecular formula is C23H35N3O6S. The number of amides is 2. The molecule has 10 heteroatoms. The minimum atomic E-state index is -3.93. The van der Waals surface area contributed by atoms with Crippen LogP contribution in [-0.2, 0) is 14.8 Å². The molecule has 1 aliphatic heterocycles. The Kier molecular flexibility index (Phi) is 9.55. The zero-order valence-corrected chi connectivity index (χ0v) is 21.0. The van der Waals surface area contributed by atoms with E-state index in [0.717, 1.165) is 0 Å². The average molecular weight is 482 g/mol. The standard InChI is InChI=1S/C23H35N3O6S/c1-16(2)24-23(28)25(5)14-21-17(3)13-26(18(4)15-27)33(29,30)22-10-9-19(8-7-11-31-6)12-20(22)32-21/h9-10,12,16-18,21,27H,11,13-15H2,1-6H3,(H,24,28)/t17-,18+,21-/m0/s1. The van der Waals surface area contributed by atoms with Gasteiger partial charge in [0.1, 0.15) is 23.4 Å². The van der Waals surface area contributed by atoms with E-state index < -0.39 is 22.2 Å². The van der Waals surface area contributed by atoms with Crippen molar-refractivity contribution in [1.29, 1.82) is 0 Å². The van der Waals surface area contributed by atoms with Crippen molar-refractivity contribution in [3.05, 3.63) is 23.8 Å². The van der Waals surface area contributed by atoms with Gasteiger partial charge in [0.05, 0.1) is 13.2 Å². The summed E-state index contributed by atoms with van der Waals surface area (Å²) in [4.78, 5) is 14.0. The Morgan fingerprint density at radius 2 is 2.09 bits per heavy atom. The van der Waals surface area contributed by atoms with Crippen LogP contribution in [0.15, 0.2) is 23.1 Å². The van der Waals surface area contributed by atoms with Crippen LogP contribution in [0.25, 0.3) is 0 Å². The van der Waals surface area contributed by atoms with Gasteiger partial charge in [-0.3, -0.25) is 0 Å². The molecule has 0 radical (unpaired) electrons. The topological polar surface area (TPSA) is 108 Å². The van der Waals surface area contributed by atoms with E-state index in [0.29, 0.717) is 5.56 Å². The summed E-state index contributed by atoms with van der Waals surface area (Å²) in [7, 11) is -0.717. The van der Waals surface area contributed by atoms with Gasteiger partial charge in [-0.2, -0.15) is 4.31 Å². The maximum atomic E-state index is 13.5. The molecule has 0 unspecified atom stereocenters. The molecule has 0 saturated heterocycles. The molecule has 184 valence electrons. The zero-order valence-electron chi connectivity index (χ0n) is 20.2. The normalized spacial score (nSPS) is 21.0. The predicted octanol–water partition coefficient (Wildman–Crippen LogP) is 1.50. The first-order valence-electron chi connectivity index (χ1n) is 10.9. The highest BCUT2D eigenvalue weighted by molar-refractivity contribution is 7.89. The number of methoxy groups -OCH3 is 1. The van der Waals surface area contributed by atoms with Crippen LogP contribution in [0.2, 0.25) is 0 Å². The van der Waals surface area contributed by atoms with E-state index in [1.54, 1.807) is 33.2 Å². The minimum Gasteiger partial charge on any atom is -0.487 e. The maximum Gasteiger partial charge on any atom is 0.317 e. The third kappa shape index (κ3) is 6.84. The number of aliphatic hydroxyl groups excluding tert-OH is 1. The van der Waals surface area contributed by atoms with Crippen molar-refractivity contribution in [2.24, 2.45) is 5.92 Å². The van der Waals surface area contributed by atoms with E-state index in [4.69, 9.17) is 9.47 Å². The number of hydrogen-bond donors (Lipinski definition) is 2. The SMILES string of the molecule is COCC#Cc1ccc2c(c1)O[C@@H](CN(C)C(=O)NC(C)C)[C@@H](C)CN([C@H](C)CO)S2(=O)=O. The number of carbonyl (C=O) groups is 1. The Morgan fingerprint density at radius 3 is 2.70 bits per heavy atom. The monoisotopic (exact) mass is 481 g/mol. The molecule has 33 heavy (non-hydrogen) atoms. The third-order valence-corrected chi connectivity index (χ3v) is 7.35. The second kappa shape index (κ2) is 11.7. The number of nitrogens with zero attached hydrogens (tertiary/aromatic N) is 2. The highest BCUT2D eigenvalue weighted by Gasteiger charge is 2.38. The first-order valence-corrected chi connectivity index (χ1v) is 12.4. The molecule has 2 amide bonds. The van der Waals surface area contributed by atoms with Crippen LogP contribution in [0.3, 0.4) is 0 Å². The lowest BCUT2D eigenvalue weighted by molar-refractivity contribution is 0.0809. The van der Waals surface area contributed by atoms with Crippen LogP contribution in [0.1, 0.15) is 33.3 Å². The summed E-state index contributed by atoms with van der Waals surface area (Å²) in [5.74, 6) is 5.68. The van der Waals surface area contributed by atoms with Crippen LogP contribution in [-0.4, -0.2) is 87.4 Å². The fourth-order valence-electron chi connectivity index (χ4n) is 3.44. The maximum absolute atomic E-state index is 13.5. The number of sulfonamides is 1. The summed E-state index contributed by atoms with van der Waals surface area (Å²) < 4.78 is 39.4. The van der Waals surface area contributed by atoms with Gasteiger partial charge < -0.3 is 24.8 Å². The van der Waals surface area contributed by atoms with Crippen LogP contribution in [0.4, 0.5) is 4.79 Å². The lowest BCUT2D eigenvalue weighted by Gasteiger charge is -2.37. The number of nitrogens with one attached hydrogen (secondary N) is 1. The van der Waals surface area contributed by atoms with Gasteiger partial charge in [0.15, 0.2) is 0 Å².